The fourth-order valence-corrected chi connectivity index (χ4v) is 2.60. The van der Waals surface area contributed by atoms with E-state index in [0.717, 1.165) is 11.3 Å². The molecule has 1 aromatic heterocycles. The van der Waals surface area contributed by atoms with Crippen LogP contribution in [0.15, 0.2) is 67.1 Å². The summed E-state index contributed by atoms with van der Waals surface area (Å²) >= 11 is 0. The molecule has 0 saturated carbocycles. The van der Waals surface area contributed by atoms with E-state index in [-0.39, 0.29) is 12.4 Å². The number of rotatable bonds is 7. The van der Waals surface area contributed by atoms with Gasteiger partial charge in [0.15, 0.2) is 0 Å². The van der Waals surface area contributed by atoms with Gasteiger partial charge in [-0.25, -0.2) is 4.39 Å². The summed E-state index contributed by atoms with van der Waals surface area (Å²) in [6.45, 7) is 0.920. The summed E-state index contributed by atoms with van der Waals surface area (Å²) in [7, 11) is 0. The second-order valence-corrected chi connectivity index (χ2v) is 5.85. The Morgan fingerprint density at radius 2 is 2.00 bits per heavy atom. The van der Waals surface area contributed by atoms with Gasteiger partial charge in [-0.05, 0) is 34.9 Å². The lowest BCUT2D eigenvalue weighted by Crippen LogP contribution is -2.00. The molecular formula is C20H20FN5. The van der Waals surface area contributed by atoms with Crippen molar-refractivity contribution in [1.29, 1.82) is 5.41 Å². The lowest BCUT2D eigenvalue weighted by molar-refractivity contribution is 0.625. The van der Waals surface area contributed by atoms with E-state index in [9.17, 15) is 4.39 Å². The van der Waals surface area contributed by atoms with Crippen molar-refractivity contribution in [2.75, 3.05) is 5.32 Å². The van der Waals surface area contributed by atoms with E-state index in [0.29, 0.717) is 23.2 Å². The van der Waals surface area contributed by atoms with Crippen molar-refractivity contribution in [1.82, 2.24) is 9.78 Å². The van der Waals surface area contributed by atoms with Crippen molar-refractivity contribution in [3.05, 3.63) is 89.6 Å². The van der Waals surface area contributed by atoms with Gasteiger partial charge in [0.1, 0.15) is 5.82 Å². The first kappa shape index (κ1) is 17.6. The van der Waals surface area contributed by atoms with Crippen LogP contribution in [-0.4, -0.2) is 16.0 Å². The summed E-state index contributed by atoms with van der Waals surface area (Å²) < 4.78 is 15.5. The van der Waals surface area contributed by atoms with Gasteiger partial charge < -0.3 is 16.5 Å². The number of hydrogen-bond acceptors (Lipinski definition) is 4. The highest BCUT2D eigenvalue weighted by molar-refractivity contribution is 6.08. The molecule has 0 aliphatic heterocycles. The van der Waals surface area contributed by atoms with Crippen LogP contribution in [0.2, 0.25) is 0 Å². The van der Waals surface area contributed by atoms with E-state index in [2.05, 4.69) is 10.4 Å². The molecule has 0 atom stereocenters. The molecule has 0 aliphatic rings. The van der Waals surface area contributed by atoms with E-state index in [1.54, 1.807) is 18.5 Å². The molecule has 0 aliphatic carbocycles. The van der Waals surface area contributed by atoms with Gasteiger partial charge >= 0.3 is 0 Å². The van der Waals surface area contributed by atoms with Crippen LogP contribution in [0.4, 0.5) is 10.1 Å². The molecule has 0 unspecified atom stereocenters. The third-order valence-corrected chi connectivity index (χ3v) is 3.90. The molecule has 2 aromatic carbocycles. The number of halogens is 1. The van der Waals surface area contributed by atoms with E-state index < -0.39 is 0 Å². The van der Waals surface area contributed by atoms with Gasteiger partial charge in [-0.1, -0.05) is 30.3 Å². The Bertz CT molecular complexity index is 915. The molecule has 3 rings (SSSR count). The van der Waals surface area contributed by atoms with Gasteiger partial charge in [-0.2, -0.15) is 5.10 Å². The van der Waals surface area contributed by atoms with Crippen molar-refractivity contribution >= 4 is 17.5 Å². The average molecular weight is 349 g/mol. The first-order valence-electron chi connectivity index (χ1n) is 8.21. The Labute approximate surface area is 151 Å². The highest BCUT2D eigenvalue weighted by Crippen LogP contribution is 2.17. The minimum atomic E-state index is -0.369. The van der Waals surface area contributed by atoms with Gasteiger partial charge in [0, 0.05) is 30.7 Å². The third-order valence-electron chi connectivity index (χ3n) is 3.90. The van der Waals surface area contributed by atoms with Crippen molar-refractivity contribution in [3.8, 4) is 0 Å². The first-order chi connectivity index (χ1) is 12.7. The molecule has 4 N–H and O–H groups in total. The van der Waals surface area contributed by atoms with Crippen LogP contribution in [0.25, 0.3) is 5.57 Å². The number of allylic oxidation sites excluding steroid dienone is 1. The molecule has 0 spiro atoms. The highest BCUT2D eigenvalue weighted by Gasteiger charge is 2.05. The number of nitrogens with one attached hydrogen (secondary N) is 2. The Kier molecular flexibility index (Phi) is 5.56. The number of nitrogens with two attached hydrogens (primary N) is 1. The molecule has 132 valence electrons. The predicted octanol–water partition coefficient (Wildman–Crippen LogP) is 3.63. The molecule has 26 heavy (non-hydrogen) atoms. The fraction of sp³-hybridized carbons (Fsp3) is 0.100. The summed E-state index contributed by atoms with van der Waals surface area (Å²) in [5.41, 5.74) is 9.37. The normalized spacial score (nSPS) is 11.4. The third kappa shape index (κ3) is 4.43. The Morgan fingerprint density at radius 1 is 1.19 bits per heavy atom. The molecule has 5 nitrogen and oxygen atoms in total. The number of anilines is 1. The molecule has 0 fully saturated rings. The van der Waals surface area contributed by atoms with Crippen LogP contribution in [0.5, 0.6) is 0 Å². The zero-order valence-electron chi connectivity index (χ0n) is 14.2. The monoisotopic (exact) mass is 349 g/mol. The predicted molar refractivity (Wildman–Crippen MR) is 102 cm³/mol. The SMILES string of the molecule is N=C/C(=C\Nc1cnn(Cc2ccccc2)c1)c1cc(F)cc(CN)c1. The second-order valence-electron chi connectivity index (χ2n) is 5.85. The van der Waals surface area contributed by atoms with Crippen molar-refractivity contribution < 1.29 is 4.39 Å². The summed E-state index contributed by atoms with van der Waals surface area (Å²) in [5, 5.41) is 15.0. The van der Waals surface area contributed by atoms with Crippen LogP contribution in [-0.2, 0) is 13.1 Å². The number of benzene rings is 2. The van der Waals surface area contributed by atoms with E-state index in [4.69, 9.17) is 11.1 Å². The standard InChI is InChI=1S/C20H20FN5/c21-19-7-16(9-22)6-17(8-19)18(10-23)11-24-20-12-25-26(14-20)13-15-4-2-1-3-5-15/h1-8,10-12,14,23-24H,9,13,22H2/b18-11+,23-10?. The van der Waals surface area contributed by atoms with Gasteiger partial charge in [-0.15, -0.1) is 0 Å². The van der Waals surface area contributed by atoms with Gasteiger partial charge in [-0.3, -0.25) is 4.68 Å². The topological polar surface area (TPSA) is 79.7 Å². The average Bonchev–Trinajstić information content (AvgIpc) is 3.10. The maximum absolute atomic E-state index is 13.7. The van der Waals surface area contributed by atoms with E-state index in [1.807, 2.05) is 41.2 Å². The van der Waals surface area contributed by atoms with Gasteiger partial charge in [0.25, 0.3) is 0 Å². The second kappa shape index (κ2) is 8.22. The maximum Gasteiger partial charge on any atom is 0.124 e. The van der Waals surface area contributed by atoms with Crippen LogP contribution >= 0.6 is 0 Å². The molecule has 1 heterocycles. The van der Waals surface area contributed by atoms with Crippen LogP contribution in [0.3, 0.4) is 0 Å². The number of aromatic nitrogens is 2. The fourth-order valence-electron chi connectivity index (χ4n) is 2.60. The quantitative estimate of drug-likeness (QED) is 0.570. The van der Waals surface area contributed by atoms with Crippen LogP contribution < -0.4 is 11.1 Å². The molecular weight excluding hydrogens is 329 g/mol. The highest BCUT2D eigenvalue weighted by atomic mass is 19.1. The number of hydrogen-bond donors (Lipinski definition) is 3. The summed E-state index contributed by atoms with van der Waals surface area (Å²) in [6.07, 6.45) is 6.42. The van der Waals surface area contributed by atoms with E-state index >= 15 is 0 Å². The van der Waals surface area contributed by atoms with E-state index in [1.165, 1.54) is 18.3 Å². The van der Waals surface area contributed by atoms with Crippen LogP contribution in [0, 0.1) is 11.2 Å². The zero-order valence-corrected chi connectivity index (χ0v) is 14.2. The summed E-state index contributed by atoms with van der Waals surface area (Å²) in [4.78, 5) is 0. The molecule has 0 saturated heterocycles. The molecule has 6 heteroatoms. The van der Waals surface area contributed by atoms with Crippen molar-refractivity contribution in [3.63, 3.8) is 0 Å². The molecule has 0 radical (unpaired) electrons. The maximum atomic E-state index is 13.7. The Morgan fingerprint density at radius 3 is 2.73 bits per heavy atom. The Hall–Kier alpha value is -3.25. The minimum absolute atomic E-state index is 0.246. The van der Waals surface area contributed by atoms with Crippen molar-refractivity contribution in [2.45, 2.75) is 13.1 Å². The van der Waals surface area contributed by atoms with Gasteiger partial charge in [0.05, 0.1) is 18.4 Å². The lowest BCUT2D eigenvalue weighted by atomic mass is 10.0. The summed E-state index contributed by atoms with van der Waals surface area (Å²) in [5.74, 6) is -0.369. The first-order valence-corrected chi connectivity index (χ1v) is 8.21. The van der Waals surface area contributed by atoms with Crippen LogP contribution in [0.1, 0.15) is 16.7 Å². The molecule has 3 aromatic rings. The molecule has 0 bridgehead atoms. The van der Waals surface area contributed by atoms with Crippen molar-refractivity contribution in [2.24, 2.45) is 5.73 Å². The Balaban J connectivity index is 1.74. The summed E-state index contributed by atoms with van der Waals surface area (Å²) in [6, 6.07) is 14.6. The largest absolute Gasteiger partial charge is 0.358 e. The minimum Gasteiger partial charge on any atom is -0.358 e. The van der Waals surface area contributed by atoms with Gasteiger partial charge in [0.2, 0.25) is 0 Å². The molecule has 0 amide bonds. The lowest BCUT2D eigenvalue weighted by Gasteiger charge is -2.06. The zero-order chi connectivity index (χ0) is 18.4. The number of nitrogens with zero attached hydrogens (tertiary/aromatic N) is 2. The smallest absolute Gasteiger partial charge is 0.124 e.